The van der Waals surface area contributed by atoms with Crippen LogP contribution >= 0.6 is 0 Å². The third-order valence-corrected chi connectivity index (χ3v) is 3.65. The molecule has 1 fully saturated rings. The van der Waals surface area contributed by atoms with Gasteiger partial charge in [-0.05, 0) is 24.3 Å². The smallest absolute Gasteiger partial charge is 0.317 e. The molecule has 0 aliphatic carbocycles. The van der Waals surface area contributed by atoms with Gasteiger partial charge in [0.05, 0.1) is 25.7 Å². The molecule has 24 heavy (non-hydrogen) atoms. The molecule has 1 saturated heterocycles. The minimum absolute atomic E-state index is 0.192. The van der Waals surface area contributed by atoms with Crippen LogP contribution in [0.1, 0.15) is 22.4 Å². The normalized spacial score (nSPS) is 17.5. The van der Waals surface area contributed by atoms with Gasteiger partial charge >= 0.3 is 6.03 Å². The van der Waals surface area contributed by atoms with Gasteiger partial charge in [0.2, 0.25) is 0 Å². The second-order valence-electron chi connectivity index (χ2n) is 5.29. The van der Waals surface area contributed by atoms with Crippen molar-refractivity contribution in [2.24, 2.45) is 0 Å². The van der Waals surface area contributed by atoms with E-state index in [1.165, 1.54) is 6.26 Å². The van der Waals surface area contributed by atoms with Gasteiger partial charge in [0, 0.05) is 19.6 Å². The molecule has 128 valence electrons. The molecule has 3 amide bonds. The van der Waals surface area contributed by atoms with E-state index >= 15 is 0 Å². The Labute approximate surface area is 138 Å². The van der Waals surface area contributed by atoms with Crippen molar-refractivity contribution in [2.45, 2.75) is 6.10 Å². The van der Waals surface area contributed by atoms with E-state index in [9.17, 15) is 9.59 Å². The Hall–Kier alpha value is -2.74. The first-order valence-corrected chi connectivity index (χ1v) is 7.73. The van der Waals surface area contributed by atoms with Crippen molar-refractivity contribution in [2.75, 3.05) is 32.8 Å². The number of hydrogen-bond donors (Lipinski definition) is 2. The Balaban J connectivity index is 1.39. The van der Waals surface area contributed by atoms with Gasteiger partial charge in [-0.25, -0.2) is 4.79 Å². The molecule has 8 nitrogen and oxygen atoms in total. The Morgan fingerprint density at radius 3 is 2.67 bits per heavy atom. The van der Waals surface area contributed by atoms with Gasteiger partial charge in [0.25, 0.3) is 5.91 Å². The van der Waals surface area contributed by atoms with Gasteiger partial charge in [-0.3, -0.25) is 4.79 Å². The van der Waals surface area contributed by atoms with Crippen LogP contribution in [-0.4, -0.2) is 49.6 Å². The Kier molecular flexibility index (Phi) is 5.17. The molecule has 0 unspecified atom stereocenters. The maximum Gasteiger partial charge on any atom is 0.317 e. The van der Waals surface area contributed by atoms with Crippen molar-refractivity contribution in [3.8, 4) is 0 Å². The van der Waals surface area contributed by atoms with Crippen molar-refractivity contribution in [3.63, 3.8) is 0 Å². The number of hydrogen-bond acceptors (Lipinski definition) is 5. The van der Waals surface area contributed by atoms with Gasteiger partial charge < -0.3 is 29.1 Å². The van der Waals surface area contributed by atoms with E-state index in [1.807, 2.05) is 6.07 Å². The third-order valence-electron chi connectivity index (χ3n) is 3.65. The summed E-state index contributed by atoms with van der Waals surface area (Å²) in [6.45, 7) is 2.04. The Morgan fingerprint density at radius 2 is 1.92 bits per heavy atom. The van der Waals surface area contributed by atoms with E-state index in [2.05, 4.69) is 10.6 Å². The van der Waals surface area contributed by atoms with Crippen molar-refractivity contribution >= 4 is 11.9 Å². The summed E-state index contributed by atoms with van der Waals surface area (Å²) in [6, 6.07) is 6.65. The van der Waals surface area contributed by atoms with E-state index in [0.717, 1.165) is 0 Å². The summed E-state index contributed by atoms with van der Waals surface area (Å²) in [5.41, 5.74) is 0. The van der Waals surface area contributed by atoms with Crippen LogP contribution < -0.4 is 10.6 Å². The molecule has 0 saturated carbocycles. The van der Waals surface area contributed by atoms with Crippen LogP contribution in [0, 0.1) is 0 Å². The number of morpholine rings is 1. The van der Waals surface area contributed by atoms with E-state index in [-0.39, 0.29) is 23.8 Å². The molecule has 0 aromatic carbocycles. The van der Waals surface area contributed by atoms with Gasteiger partial charge in [0.15, 0.2) is 5.76 Å². The van der Waals surface area contributed by atoms with Crippen LogP contribution in [0.5, 0.6) is 0 Å². The average Bonchev–Trinajstić information content (AvgIpc) is 3.32. The zero-order valence-electron chi connectivity index (χ0n) is 13.1. The molecule has 2 aromatic rings. The van der Waals surface area contributed by atoms with Crippen molar-refractivity contribution < 1.29 is 23.2 Å². The van der Waals surface area contributed by atoms with Gasteiger partial charge in [-0.2, -0.15) is 0 Å². The van der Waals surface area contributed by atoms with E-state index < -0.39 is 0 Å². The number of nitrogens with zero attached hydrogens (tertiary/aromatic N) is 1. The SMILES string of the molecule is O=C(NCCNC(=O)N1CCO[C@H](c2ccco2)C1)c1ccco1. The standard InChI is InChI=1S/C16H19N3O5/c20-15(13-4-2-9-23-13)17-5-6-18-16(21)19-7-10-24-14(11-19)12-3-1-8-22-12/h1-4,8-9,14H,5-7,10-11H2,(H,17,20)(H,18,21)/t14-/m0/s1. The predicted octanol–water partition coefficient (Wildman–Crippen LogP) is 1.39. The second-order valence-corrected chi connectivity index (χ2v) is 5.29. The van der Waals surface area contributed by atoms with Crippen LogP contribution in [0.15, 0.2) is 45.6 Å². The lowest BCUT2D eigenvalue weighted by Crippen LogP contribution is -2.48. The van der Waals surface area contributed by atoms with E-state index in [4.69, 9.17) is 13.6 Å². The monoisotopic (exact) mass is 333 g/mol. The van der Waals surface area contributed by atoms with Crippen LogP contribution in [0.4, 0.5) is 4.79 Å². The number of carbonyl (C=O) groups excluding carboxylic acids is 2. The summed E-state index contributed by atoms with van der Waals surface area (Å²) in [5, 5.41) is 5.44. The number of ether oxygens (including phenoxy) is 1. The number of furan rings is 2. The minimum Gasteiger partial charge on any atom is -0.467 e. The molecule has 3 rings (SSSR count). The predicted molar refractivity (Wildman–Crippen MR) is 83.4 cm³/mol. The van der Waals surface area contributed by atoms with Crippen LogP contribution in [0.25, 0.3) is 0 Å². The quantitative estimate of drug-likeness (QED) is 0.806. The van der Waals surface area contributed by atoms with Gasteiger partial charge in [-0.1, -0.05) is 0 Å². The second kappa shape index (κ2) is 7.69. The van der Waals surface area contributed by atoms with E-state index in [1.54, 1.807) is 29.4 Å². The Morgan fingerprint density at radius 1 is 1.12 bits per heavy atom. The van der Waals surface area contributed by atoms with Gasteiger partial charge in [-0.15, -0.1) is 0 Å². The zero-order valence-corrected chi connectivity index (χ0v) is 13.1. The molecule has 0 radical (unpaired) electrons. The summed E-state index contributed by atoms with van der Waals surface area (Å²) in [6.07, 6.45) is 2.77. The molecule has 0 bridgehead atoms. The third kappa shape index (κ3) is 3.96. The first-order valence-electron chi connectivity index (χ1n) is 7.73. The lowest BCUT2D eigenvalue weighted by atomic mass is 10.2. The topological polar surface area (TPSA) is 97.0 Å². The number of amides is 3. The number of urea groups is 1. The highest BCUT2D eigenvalue weighted by atomic mass is 16.5. The fourth-order valence-electron chi connectivity index (χ4n) is 2.43. The largest absolute Gasteiger partial charge is 0.467 e. The van der Waals surface area contributed by atoms with Crippen LogP contribution in [0.2, 0.25) is 0 Å². The maximum absolute atomic E-state index is 12.2. The van der Waals surface area contributed by atoms with Crippen molar-refractivity contribution in [1.29, 1.82) is 0 Å². The molecule has 3 heterocycles. The highest BCUT2D eigenvalue weighted by molar-refractivity contribution is 5.91. The fourth-order valence-corrected chi connectivity index (χ4v) is 2.43. The number of nitrogens with one attached hydrogen (secondary N) is 2. The van der Waals surface area contributed by atoms with Crippen molar-refractivity contribution in [3.05, 3.63) is 48.3 Å². The number of carbonyl (C=O) groups is 2. The minimum atomic E-state index is -0.307. The molecule has 0 spiro atoms. The number of rotatable bonds is 5. The summed E-state index contributed by atoms with van der Waals surface area (Å²) >= 11 is 0. The fraction of sp³-hybridized carbons (Fsp3) is 0.375. The Bertz CT molecular complexity index is 653. The first-order chi connectivity index (χ1) is 11.7. The summed E-state index contributed by atoms with van der Waals surface area (Å²) < 4.78 is 15.9. The molecular weight excluding hydrogens is 314 g/mol. The molecule has 2 N–H and O–H groups in total. The summed E-state index contributed by atoms with van der Waals surface area (Å²) in [7, 11) is 0. The zero-order chi connectivity index (χ0) is 16.8. The van der Waals surface area contributed by atoms with Crippen molar-refractivity contribution in [1.82, 2.24) is 15.5 Å². The van der Waals surface area contributed by atoms with Crippen LogP contribution in [0.3, 0.4) is 0 Å². The molecule has 1 aliphatic heterocycles. The first kappa shape index (κ1) is 16.1. The van der Waals surface area contributed by atoms with E-state index in [0.29, 0.717) is 38.5 Å². The lowest BCUT2D eigenvalue weighted by Gasteiger charge is -2.32. The average molecular weight is 333 g/mol. The highest BCUT2D eigenvalue weighted by Gasteiger charge is 2.26. The molecule has 8 heteroatoms. The molecule has 2 aromatic heterocycles. The molecular formula is C16H19N3O5. The van der Waals surface area contributed by atoms with Gasteiger partial charge in [0.1, 0.15) is 11.9 Å². The molecule has 1 aliphatic rings. The summed E-state index contributed by atoms with van der Waals surface area (Å²) in [5.74, 6) is 0.646. The summed E-state index contributed by atoms with van der Waals surface area (Å²) in [4.78, 5) is 25.5. The lowest BCUT2D eigenvalue weighted by molar-refractivity contribution is -0.0259. The highest BCUT2D eigenvalue weighted by Crippen LogP contribution is 2.22. The molecule has 1 atom stereocenters. The van der Waals surface area contributed by atoms with Crippen LogP contribution in [-0.2, 0) is 4.74 Å². The maximum atomic E-state index is 12.2.